The fraction of sp³-hybridized carbons (Fsp3) is 0.368. The van der Waals surface area contributed by atoms with E-state index in [9.17, 15) is 0 Å². The Balaban J connectivity index is 1.00. The molecule has 4 bridgehead atoms. The number of benzene rings is 6. The third-order valence-corrected chi connectivity index (χ3v) is 16.9. The highest BCUT2D eigenvalue weighted by Gasteiger charge is 2.61. The Kier molecular flexibility index (Phi) is 7.18. The van der Waals surface area contributed by atoms with E-state index in [-0.39, 0.29) is 21.7 Å². The lowest BCUT2D eigenvalue weighted by Crippen LogP contribution is -2.55. The van der Waals surface area contributed by atoms with Crippen LogP contribution in [0.3, 0.4) is 0 Å². The fourth-order valence-corrected chi connectivity index (χ4v) is 14.2. The molecule has 1 heteroatoms. The zero-order valence-corrected chi connectivity index (χ0v) is 35.3. The van der Waals surface area contributed by atoms with Gasteiger partial charge in [0.15, 0.2) is 0 Å². The van der Waals surface area contributed by atoms with E-state index in [2.05, 4.69) is 174 Å². The number of rotatable bonds is 4. The summed E-state index contributed by atoms with van der Waals surface area (Å²) in [5.41, 5.74) is 21.6. The van der Waals surface area contributed by atoms with Crippen LogP contribution in [0.1, 0.15) is 120 Å². The Morgan fingerprint density at radius 3 is 1.66 bits per heavy atom. The molecule has 0 radical (unpaired) electrons. The predicted molar refractivity (Wildman–Crippen MR) is 243 cm³/mol. The van der Waals surface area contributed by atoms with Crippen LogP contribution in [0.5, 0.6) is 0 Å². The summed E-state index contributed by atoms with van der Waals surface area (Å²) in [7, 11) is 0. The van der Waals surface area contributed by atoms with E-state index in [0.717, 1.165) is 23.7 Å². The smallest absolute Gasteiger partial charge is 0.0465 e. The van der Waals surface area contributed by atoms with Gasteiger partial charge in [-0.1, -0.05) is 133 Å². The van der Waals surface area contributed by atoms with Crippen LogP contribution in [0, 0.1) is 23.7 Å². The number of fused-ring (bicyclic) bond motifs is 7. The van der Waals surface area contributed by atoms with Crippen molar-refractivity contribution in [2.75, 3.05) is 4.90 Å². The largest absolute Gasteiger partial charge is 0.310 e. The van der Waals surface area contributed by atoms with E-state index in [4.69, 9.17) is 0 Å². The van der Waals surface area contributed by atoms with Gasteiger partial charge >= 0.3 is 0 Å². The van der Waals surface area contributed by atoms with Crippen molar-refractivity contribution in [3.63, 3.8) is 0 Å². The molecule has 1 spiro atoms. The molecule has 0 amide bonds. The van der Waals surface area contributed by atoms with E-state index in [1.54, 1.807) is 11.1 Å². The third kappa shape index (κ3) is 4.65. The SMILES string of the molecule is CC1(C)CCC(C)(C)c2cc(N(c3ccc(-c4cccc5c4-c4ccccc4C54C5CC6CC(C5)CC4C6)cc3)c3ccc4c(c3)C(C)(C)c3ccccc3-4)ccc21. The monoisotopic (exact) mass is 755 g/mol. The maximum absolute atomic E-state index is 2.54. The van der Waals surface area contributed by atoms with Gasteiger partial charge in [-0.2, -0.15) is 0 Å². The molecule has 58 heavy (non-hydrogen) atoms. The Morgan fingerprint density at radius 2 is 0.948 bits per heavy atom. The molecule has 4 fully saturated rings. The van der Waals surface area contributed by atoms with Gasteiger partial charge in [0.25, 0.3) is 0 Å². The molecular formula is C57H57N. The number of hydrogen-bond acceptors (Lipinski definition) is 1. The summed E-state index contributed by atoms with van der Waals surface area (Å²) in [5, 5.41) is 0. The minimum atomic E-state index is -0.0715. The lowest BCUT2D eigenvalue weighted by atomic mass is 9.43. The van der Waals surface area contributed by atoms with Gasteiger partial charge in [0.05, 0.1) is 0 Å². The molecule has 6 aromatic rings. The molecule has 13 rings (SSSR count). The first-order valence-corrected chi connectivity index (χ1v) is 22.5. The van der Waals surface area contributed by atoms with Gasteiger partial charge in [-0.05, 0) is 183 Å². The lowest BCUT2D eigenvalue weighted by molar-refractivity contribution is -0.0399. The molecule has 7 aliphatic carbocycles. The molecule has 290 valence electrons. The average Bonchev–Trinajstić information content (AvgIpc) is 3.65. The molecule has 0 unspecified atom stereocenters. The second-order valence-electron chi connectivity index (χ2n) is 21.2. The highest BCUT2D eigenvalue weighted by Crippen LogP contribution is 2.70. The molecular weight excluding hydrogens is 699 g/mol. The second kappa shape index (κ2) is 11.9. The maximum atomic E-state index is 2.54. The van der Waals surface area contributed by atoms with Gasteiger partial charge in [0.1, 0.15) is 0 Å². The van der Waals surface area contributed by atoms with E-state index in [1.165, 1.54) is 118 Å². The van der Waals surface area contributed by atoms with Crippen LogP contribution in [0.25, 0.3) is 33.4 Å². The van der Waals surface area contributed by atoms with E-state index in [1.807, 2.05) is 0 Å². The van der Waals surface area contributed by atoms with Gasteiger partial charge < -0.3 is 4.90 Å². The van der Waals surface area contributed by atoms with Crippen LogP contribution in [0.2, 0.25) is 0 Å². The standard InChI is InChI=1S/C57H57N/c1-54(2)26-27-55(3,4)52-34-42(23-25-49(52)54)58(41-22-24-45-44-12-7-9-15-47(44)56(5,6)51(45)33-41)40-20-18-37(19-21-40)43-14-11-17-50-53(43)46-13-8-10-16-48(46)57(50)38-29-35-28-36(31-38)32-39(57)30-35/h7-25,33-36,38-39H,26-32H2,1-6H3. The van der Waals surface area contributed by atoms with Crippen molar-refractivity contribution >= 4 is 17.1 Å². The number of hydrogen-bond donors (Lipinski definition) is 0. The summed E-state index contributed by atoms with van der Waals surface area (Å²) < 4.78 is 0. The minimum absolute atomic E-state index is 0.0715. The molecule has 0 N–H and O–H groups in total. The summed E-state index contributed by atoms with van der Waals surface area (Å²) in [6.45, 7) is 14.6. The summed E-state index contributed by atoms with van der Waals surface area (Å²) in [6, 6.07) is 50.1. The molecule has 0 atom stereocenters. The first kappa shape index (κ1) is 35.1. The van der Waals surface area contributed by atoms with Crippen molar-refractivity contribution in [3.05, 3.63) is 161 Å². The zero-order chi connectivity index (χ0) is 39.3. The molecule has 7 aliphatic rings. The van der Waals surface area contributed by atoms with Crippen LogP contribution in [0.15, 0.2) is 127 Å². The first-order valence-electron chi connectivity index (χ1n) is 22.5. The van der Waals surface area contributed by atoms with Crippen molar-refractivity contribution in [2.24, 2.45) is 23.7 Å². The predicted octanol–water partition coefficient (Wildman–Crippen LogP) is 15.2. The Morgan fingerprint density at radius 1 is 0.414 bits per heavy atom. The van der Waals surface area contributed by atoms with E-state index in [0.29, 0.717) is 0 Å². The van der Waals surface area contributed by atoms with Gasteiger partial charge in [-0.25, -0.2) is 0 Å². The lowest BCUT2D eigenvalue weighted by Gasteiger charge is -2.61. The number of nitrogens with zero attached hydrogens (tertiary/aromatic N) is 1. The van der Waals surface area contributed by atoms with Crippen LogP contribution < -0.4 is 4.90 Å². The highest BCUT2D eigenvalue weighted by molar-refractivity contribution is 5.94. The van der Waals surface area contributed by atoms with Crippen LogP contribution in [0.4, 0.5) is 17.1 Å². The minimum Gasteiger partial charge on any atom is -0.310 e. The Bertz CT molecular complexity index is 2640. The normalized spacial score (nSPS) is 26.8. The second-order valence-corrected chi connectivity index (χ2v) is 21.2. The van der Waals surface area contributed by atoms with Crippen LogP contribution in [-0.4, -0.2) is 0 Å². The molecule has 0 heterocycles. The van der Waals surface area contributed by atoms with Crippen LogP contribution >= 0.6 is 0 Å². The summed E-state index contributed by atoms with van der Waals surface area (Å²) in [4.78, 5) is 2.54. The number of anilines is 3. The molecule has 1 nitrogen and oxygen atoms in total. The first-order chi connectivity index (χ1) is 27.9. The molecule has 0 saturated heterocycles. The topological polar surface area (TPSA) is 3.24 Å². The molecule has 0 aromatic heterocycles. The van der Waals surface area contributed by atoms with E-state index >= 15 is 0 Å². The van der Waals surface area contributed by atoms with Crippen molar-refractivity contribution in [3.8, 4) is 33.4 Å². The third-order valence-electron chi connectivity index (χ3n) is 16.9. The molecule has 0 aliphatic heterocycles. The van der Waals surface area contributed by atoms with Crippen molar-refractivity contribution in [1.29, 1.82) is 0 Å². The van der Waals surface area contributed by atoms with Gasteiger partial charge in [-0.3, -0.25) is 0 Å². The Hall–Kier alpha value is -4.88. The van der Waals surface area contributed by atoms with E-state index < -0.39 is 0 Å². The summed E-state index contributed by atoms with van der Waals surface area (Å²) in [6.07, 6.45) is 9.56. The van der Waals surface area contributed by atoms with Crippen molar-refractivity contribution < 1.29 is 0 Å². The average molecular weight is 756 g/mol. The van der Waals surface area contributed by atoms with Crippen molar-refractivity contribution in [1.82, 2.24) is 0 Å². The van der Waals surface area contributed by atoms with Crippen LogP contribution in [-0.2, 0) is 21.7 Å². The summed E-state index contributed by atoms with van der Waals surface area (Å²) >= 11 is 0. The molecule has 4 saturated carbocycles. The zero-order valence-electron chi connectivity index (χ0n) is 35.3. The maximum Gasteiger partial charge on any atom is 0.0465 e. The Labute approximate surface area is 346 Å². The van der Waals surface area contributed by atoms with Gasteiger partial charge in [-0.15, -0.1) is 0 Å². The quantitative estimate of drug-likeness (QED) is 0.173. The fourth-order valence-electron chi connectivity index (χ4n) is 14.2. The van der Waals surface area contributed by atoms with Gasteiger partial charge in [0.2, 0.25) is 0 Å². The summed E-state index contributed by atoms with van der Waals surface area (Å²) in [5.74, 6) is 3.44. The highest BCUT2D eigenvalue weighted by atomic mass is 15.1. The van der Waals surface area contributed by atoms with Gasteiger partial charge in [0, 0.05) is 27.9 Å². The molecule has 6 aromatic carbocycles. The van der Waals surface area contributed by atoms with Crippen molar-refractivity contribution in [2.45, 2.75) is 108 Å².